The van der Waals surface area contributed by atoms with Gasteiger partial charge in [0.05, 0.1) is 0 Å². The number of thiazole rings is 1. The van der Waals surface area contributed by atoms with Crippen LogP contribution in [0.5, 0.6) is 0 Å². The molecule has 2 rings (SSSR count). The van der Waals surface area contributed by atoms with Crippen LogP contribution in [0.4, 0.5) is 10.9 Å². The van der Waals surface area contributed by atoms with Crippen LogP contribution < -0.4 is 11.1 Å². The van der Waals surface area contributed by atoms with Gasteiger partial charge in [-0.15, -0.1) is 0 Å². The smallest absolute Gasteiger partial charge is 0.267 e. The van der Waals surface area contributed by atoms with Crippen molar-refractivity contribution in [1.82, 2.24) is 14.8 Å². The Morgan fingerprint density at radius 2 is 2.20 bits per heavy atom. The molecule has 112 valence electrons. The molecule has 0 aliphatic carbocycles. The molecule has 0 radical (unpaired) electrons. The first-order chi connectivity index (χ1) is 9.35. The van der Waals surface area contributed by atoms with Crippen molar-refractivity contribution in [2.24, 2.45) is 0 Å². The van der Waals surface area contributed by atoms with Crippen LogP contribution in [-0.2, 0) is 0 Å². The first-order valence-electron chi connectivity index (χ1n) is 6.86. The average Bonchev–Trinajstić information content (AvgIpc) is 2.73. The number of likely N-dealkylation sites (N-methyl/N-ethyl adjacent to an activating group) is 1. The predicted molar refractivity (Wildman–Crippen MR) is 83.3 cm³/mol. The van der Waals surface area contributed by atoms with Crippen LogP contribution in [0.25, 0.3) is 0 Å². The first-order valence-corrected chi connectivity index (χ1v) is 7.67. The van der Waals surface area contributed by atoms with Gasteiger partial charge in [0.2, 0.25) is 0 Å². The third kappa shape index (κ3) is 2.88. The van der Waals surface area contributed by atoms with Gasteiger partial charge in [0.15, 0.2) is 5.13 Å². The molecule has 0 bridgehead atoms. The molecule has 20 heavy (non-hydrogen) atoms. The second-order valence-electron chi connectivity index (χ2n) is 5.72. The van der Waals surface area contributed by atoms with Gasteiger partial charge >= 0.3 is 0 Å². The third-order valence-corrected chi connectivity index (χ3v) is 4.80. The van der Waals surface area contributed by atoms with E-state index in [0.29, 0.717) is 22.4 Å². The minimum atomic E-state index is -0.0160. The largest absolute Gasteiger partial charge is 0.382 e. The van der Waals surface area contributed by atoms with E-state index in [9.17, 15) is 4.79 Å². The standard InChI is InChI=1S/C13H23N5OS/c1-5-15-12-16-10(14)9(20-12)11(19)18-7-6-17(4)13(2,3)8-18/h5-8,14H2,1-4H3,(H,15,16). The van der Waals surface area contributed by atoms with E-state index in [4.69, 9.17) is 5.73 Å². The van der Waals surface area contributed by atoms with Gasteiger partial charge in [-0.3, -0.25) is 9.69 Å². The van der Waals surface area contributed by atoms with Crippen LogP contribution in [0.2, 0.25) is 0 Å². The van der Waals surface area contributed by atoms with E-state index in [1.54, 1.807) is 0 Å². The highest BCUT2D eigenvalue weighted by molar-refractivity contribution is 7.18. The summed E-state index contributed by atoms with van der Waals surface area (Å²) in [5.41, 5.74) is 5.86. The van der Waals surface area contributed by atoms with Crippen LogP contribution in [0.3, 0.4) is 0 Å². The van der Waals surface area contributed by atoms with Gasteiger partial charge in [0.1, 0.15) is 10.7 Å². The summed E-state index contributed by atoms with van der Waals surface area (Å²) in [5.74, 6) is 0.318. The van der Waals surface area contributed by atoms with Crippen LogP contribution in [-0.4, -0.2) is 59.5 Å². The van der Waals surface area contributed by atoms with Gasteiger partial charge in [-0.1, -0.05) is 11.3 Å². The lowest BCUT2D eigenvalue weighted by Gasteiger charge is -2.45. The fourth-order valence-electron chi connectivity index (χ4n) is 2.27. The van der Waals surface area contributed by atoms with Crippen molar-refractivity contribution < 1.29 is 4.79 Å². The van der Waals surface area contributed by atoms with Crippen molar-refractivity contribution in [2.45, 2.75) is 26.3 Å². The van der Waals surface area contributed by atoms with Crippen molar-refractivity contribution in [1.29, 1.82) is 0 Å². The van der Waals surface area contributed by atoms with Crippen molar-refractivity contribution >= 4 is 28.2 Å². The molecule has 0 saturated carbocycles. The highest BCUT2D eigenvalue weighted by Gasteiger charge is 2.34. The molecule has 1 saturated heterocycles. The number of nitrogens with two attached hydrogens (primary N) is 1. The Morgan fingerprint density at radius 3 is 2.80 bits per heavy atom. The van der Waals surface area contributed by atoms with Gasteiger partial charge in [-0.05, 0) is 27.8 Å². The fraction of sp³-hybridized carbons (Fsp3) is 0.692. The summed E-state index contributed by atoms with van der Waals surface area (Å²) in [6.45, 7) is 9.35. The normalized spacial score (nSPS) is 19.1. The predicted octanol–water partition coefficient (Wildman–Crippen LogP) is 1.32. The highest BCUT2D eigenvalue weighted by atomic mass is 32.1. The Labute approximate surface area is 124 Å². The molecule has 1 aliphatic rings. The monoisotopic (exact) mass is 297 g/mol. The van der Waals surface area contributed by atoms with E-state index < -0.39 is 0 Å². The van der Waals surface area contributed by atoms with E-state index in [0.717, 1.165) is 19.6 Å². The van der Waals surface area contributed by atoms with Crippen LogP contribution >= 0.6 is 11.3 Å². The summed E-state index contributed by atoms with van der Waals surface area (Å²) >= 11 is 1.33. The summed E-state index contributed by atoms with van der Waals surface area (Å²) in [7, 11) is 2.09. The minimum Gasteiger partial charge on any atom is -0.382 e. The third-order valence-electron chi connectivity index (χ3n) is 3.78. The second kappa shape index (κ2) is 5.57. The molecular weight excluding hydrogens is 274 g/mol. The molecule has 3 N–H and O–H groups in total. The van der Waals surface area contributed by atoms with Crippen molar-refractivity contribution in [3.05, 3.63) is 4.88 Å². The number of rotatable bonds is 3. The number of nitrogens with one attached hydrogen (secondary N) is 1. The Morgan fingerprint density at radius 1 is 1.50 bits per heavy atom. The number of hydrogen-bond donors (Lipinski definition) is 2. The van der Waals surface area contributed by atoms with Gasteiger partial charge in [0.25, 0.3) is 5.91 Å². The van der Waals surface area contributed by atoms with Crippen LogP contribution in [0, 0.1) is 0 Å². The Hall–Kier alpha value is -1.34. The molecule has 1 aromatic heterocycles. The van der Waals surface area contributed by atoms with Crippen LogP contribution in [0.15, 0.2) is 0 Å². The zero-order valence-corrected chi connectivity index (χ0v) is 13.4. The summed E-state index contributed by atoms with van der Waals surface area (Å²) in [4.78, 5) is 21.5. The molecule has 6 nitrogen and oxygen atoms in total. The van der Waals surface area contributed by atoms with Gasteiger partial charge < -0.3 is 16.0 Å². The van der Waals surface area contributed by atoms with Gasteiger partial charge in [-0.2, -0.15) is 0 Å². The summed E-state index contributed by atoms with van der Waals surface area (Å²) in [6.07, 6.45) is 0. The molecule has 1 amide bonds. The number of nitrogen functional groups attached to an aromatic ring is 1. The topological polar surface area (TPSA) is 74.5 Å². The number of anilines is 2. The first kappa shape index (κ1) is 15.1. The van der Waals surface area contributed by atoms with E-state index in [1.165, 1.54) is 11.3 Å². The quantitative estimate of drug-likeness (QED) is 0.880. The number of carbonyl (C=O) groups excluding carboxylic acids is 1. The lowest BCUT2D eigenvalue weighted by Crippen LogP contribution is -2.58. The van der Waals surface area contributed by atoms with Crippen molar-refractivity contribution in [3.63, 3.8) is 0 Å². The number of hydrogen-bond acceptors (Lipinski definition) is 6. The zero-order valence-electron chi connectivity index (χ0n) is 12.6. The molecule has 1 aromatic rings. The lowest BCUT2D eigenvalue weighted by atomic mass is 9.99. The fourth-order valence-corrected chi connectivity index (χ4v) is 3.19. The minimum absolute atomic E-state index is 0.00896. The number of amides is 1. The Balaban J connectivity index is 2.15. The molecule has 2 heterocycles. The average molecular weight is 297 g/mol. The number of piperazine rings is 1. The summed E-state index contributed by atoms with van der Waals surface area (Å²) < 4.78 is 0. The second-order valence-corrected chi connectivity index (χ2v) is 6.72. The molecular formula is C13H23N5OS. The Bertz CT molecular complexity index is 499. The molecule has 0 atom stereocenters. The molecule has 0 spiro atoms. The van der Waals surface area contributed by atoms with Crippen molar-refractivity contribution in [3.8, 4) is 0 Å². The van der Waals surface area contributed by atoms with Crippen molar-refractivity contribution in [2.75, 3.05) is 44.3 Å². The van der Waals surface area contributed by atoms with Gasteiger partial charge in [-0.25, -0.2) is 4.98 Å². The van der Waals surface area contributed by atoms with E-state index in [-0.39, 0.29) is 11.4 Å². The maximum Gasteiger partial charge on any atom is 0.267 e. The maximum atomic E-state index is 12.6. The number of aromatic nitrogens is 1. The lowest BCUT2D eigenvalue weighted by molar-refractivity contribution is 0.0315. The summed E-state index contributed by atoms with van der Waals surface area (Å²) in [6, 6.07) is 0. The molecule has 0 aromatic carbocycles. The van der Waals surface area contributed by atoms with E-state index >= 15 is 0 Å². The molecule has 7 heteroatoms. The molecule has 1 fully saturated rings. The zero-order chi connectivity index (χ0) is 14.9. The number of carbonyl (C=O) groups is 1. The Kier molecular flexibility index (Phi) is 4.19. The van der Waals surface area contributed by atoms with E-state index in [1.807, 2.05) is 11.8 Å². The molecule has 1 aliphatic heterocycles. The van der Waals surface area contributed by atoms with Crippen LogP contribution in [0.1, 0.15) is 30.4 Å². The maximum absolute atomic E-state index is 12.6. The van der Waals surface area contributed by atoms with E-state index in [2.05, 4.69) is 36.1 Å². The molecule has 0 unspecified atom stereocenters. The highest BCUT2D eigenvalue weighted by Crippen LogP contribution is 2.28. The number of nitrogens with zero attached hydrogens (tertiary/aromatic N) is 3. The SMILES string of the molecule is CCNc1nc(N)c(C(=O)N2CCN(C)C(C)(C)C2)s1. The summed E-state index contributed by atoms with van der Waals surface area (Å²) in [5, 5.41) is 3.81. The van der Waals surface area contributed by atoms with Gasteiger partial charge in [0, 0.05) is 31.7 Å².